The summed E-state index contributed by atoms with van der Waals surface area (Å²) in [4.78, 5) is 15.6. The molecule has 2 aromatic rings. The van der Waals surface area contributed by atoms with Crippen molar-refractivity contribution < 1.29 is 9.18 Å². The van der Waals surface area contributed by atoms with E-state index in [0.717, 1.165) is 25.1 Å². The molecule has 0 saturated carbocycles. The number of benzene rings is 1. The molecule has 1 fully saturated rings. The van der Waals surface area contributed by atoms with Gasteiger partial charge in [-0.3, -0.25) is 0 Å². The second kappa shape index (κ2) is 8.53. The van der Waals surface area contributed by atoms with Gasteiger partial charge in [-0.25, -0.2) is 9.18 Å². The molecule has 24 heavy (non-hydrogen) atoms. The third-order valence-electron chi connectivity index (χ3n) is 4.12. The summed E-state index contributed by atoms with van der Waals surface area (Å²) in [6.45, 7) is 1.42. The predicted octanol–water partition coefficient (Wildman–Crippen LogP) is 4.67. The number of halogens is 1. The molecule has 1 aromatic heterocycles. The Bertz CT molecular complexity index is 663. The third kappa shape index (κ3) is 4.30. The van der Waals surface area contributed by atoms with E-state index < -0.39 is 0 Å². The van der Waals surface area contributed by atoms with E-state index in [-0.39, 0.29) is 17.9 Å². The zero-order chi connectivity index (χ0) is 16.8. The van der Waals surface area contributed by atoms with E-state index >= 15 is 0 Å². The Hall–Kier alpha value is -1.53. The zero-order valence-corrected chi connectivity index (χ0v) is 15.0. The first-order valence-corrected chi connectivity index (χ1v) is 10.2. The van der Waals surface area contributed by atoms with E-state index in [9.17, 15) is 9.18 Å². The van der Waals surface area contributed by atoms with Crippen molar-refractivity contribution in [3.05, 3.63) is 58.0 Å². The van der Waals surface area contributed by atoms with Crippen LogP contribution in [0.5, 0.6) is 0 Å². The van der Waals surface area contributed by atoms with Gasteiger partial charge in [-0.05, 0) is 35.9 Å². The number of thiophene rings is 1. The first kappa shape index (κ1) is 17.3. The summed E-state index contributed by atoms with van der Waals surface area (Å²) in [6, 6.07) is 11.2. The summed E-state index contributed by atoms with van der Waals surface area (Å²) in [6.07, 6.45) is 2.09. The van der Waals surface area contributed by atoms with Crippen molar-refractivity contribution in [1.29, 1.82) is 0 Å². The molecule has 0 radical (unpaired) electrons. The Balaban J connectivity index is 1.40. The quantitative estimate of drug-likeness (QED) is 0.756. The number of hydrogen-bond acceptors (Lipinski definition) is 3. The van der Waals surface area contributed by atoms with Crippen LogP contribution in [0, 0.1) is 5.82 Å². The number of amides is 2. The Morgan fingerprint density at radius 2 is 2.21 bits per heavy atom. The lowest BCUT2D eigenvalue weighted by molar-refractivity contribution is 0.194. The highest BCUT2D eigenvalue weighted by Crippen LogP contribution is 2.34. The second-order valence-corrected chi connectivity index (χ2v) is 7.83. The smallest absolute Gasteiger partial charge is 0.317 e. The van der Waals surface area contributed by atoms with Crippen molar-refractivity contribution >= 4 is 29.1 Å². The summed E-state index contributed by atoms with van der Waals surface area (Å²) in [7, 11) is 0. The maximum atomic E-state index is 13.5. The number of nitrogens with zero attached hydrogens (tertiary/aromatic N) is 1. The highest BCUT2D eigenvalue weighted by Gasteiger charge is 2.30. The SMILES string of the molecule is O=C(NCCSCc1ccccc1F)N1CCCC1c1cccs1. The standard InChI is InChI=1S/C18H21FN2OS2/c19-15-6-2-1-5-14(15)13-23-12-9-20-18(22)21-10-3-7-16(21)17-8-4-11-24-17/h1-2,4-6,8,11,16H,3,7,9-10,12-13H2,(H,20,22). The van der Waals surface area contributed by atoms with Crippen molar-refractivity contribution in [3.8, 4) is 0 Å². The molecule has 0 aliphatic carbocycles. The van der Waals surface area contributed by atoms with Crippen molar-refractivity contribution in [2.45, 2.75) is 24.6 Å². The summed E-state index contributed by atoms with van der Waals surface area (Å²) < 4.78 is 13.5. The minimum atomic E-state index is -0.162. The summed E-state index contributed by atoms with van der Waals surface area (Å²) in [5.41, 5.74) is 0.714. The van der Waals surface area contributed by atoms with Gasteiger partial charge in [-0.1, -0.05) is 24.3 Å². The van der Waals surface area contributed by atoms with Crippen LogP contribution in [0.3, 0.4) is 0 Å². The van der Waals surface area contributed by atoms with Gasteiger partial charge >= 0.3 is 6.03 Å². The lowest BCUT2D eigenvalue weighted by Gasteiger charge is -2.24. The maximum absolute atomic E-state index is 13.5. The zero-order valence-electron chi connectivity index (χ0n) is 13.4. The van der Waals surface area contributed by atoms with Crippen molar-refractivity contribution in [2.75, 3.05) is 18.8 Å². The summed E-state index contributed by atoms with van der Waals surface area (Å²) in [5, 5.41) is 5.05. The molecule has 3 rings (SSSR count). The number of nitrogens with one attached hydrogen (secondary N) is 1. The average molecular weight is 365 g/mol. The largest absolute Gasteiger partial charge is 0.337 e. The van der Waals surface area contributed by atoms with Gasteiger partial charge in [0.05, 0.1) is 6.04 Å². The van der Waals surface area contributed by atoms with Gasteiger partial charge in [-0.15, -0.1) is 11.3 Å². The molecule has 1 aliphatic rings. The van der Waals surface area contributed by atoms with E-state index in [2.05, 4.69) is 16.8 Å². The van der Waals surface area contributed by atoms with Crippen LogP contribution in [0.4, 0.5) is 9.18 Å². The third-order valence-corrected chi connectivity index (χ3v) is 6.10. The van der Waals surface area contributed by atoms with Gasteiger partial charge in [0.25, 0.3) is 0 Å². The van der Waals surface area contributed by atoms with Crippen LogP contribution in [-0.4, -0.2) is 29.8 Å². The minimum Gasteiger partial charge on any atom is -0.337 e. The second-order valence-electron chi connectivity index (χ2n) is 5.74. The van der Waals surface area contributed by atoms with Crippen LogP contribution < -0.4 is 5.32 Å². The molecule has 2 amide bonds. The van der Waals surface area contributed by atoms with Gasteiger partial charge < -0.3 is 10.2 Å². The van der Waals surface area contributed by atoms with Crippen LogP contribution in [-0.2, 0) is 5.75 Å². The molecule has 1 N–H and O–H groups in total. The summed E-state index contributed by atoms with van der Waals surface area (Å²) >= 11 is 3.34. The normalized spacial score (nSPS) is 17.2. The van der Waals surface area contributed by atoms with Gasteiger partial charge in [0.2, 0.25) is 0 Å². The Kier molecular flexibility index (Phi) is 6.15. The fourth-order valence-corrected chi connectivity index (χ4v) is 4.63. The molecule has 1 atom stereocenters. The van der Waals surface area contributed by atoms with E-state index in [4.69, 9.17) is 0 Å². The van der Waals surface area contributed by atoms with E-state index in [1.54, 1.807) is 35.2 Å². The molecule has 128 valence electrons. The van der Waals surface area contributed by atoms with Crippen molar-refractivity contribution in [1.82, 2.24) is 10.2 Å². The number of hydrogen-bond donors (Lipinski definition) is 1. The van der Waals surface area contributed by atoms with Crippen LogP contribution >= 0.6 is 23.1 Å². The first-order valence-electron chi connectivity index (χ1n) is 8.15. The molecule has 6 heteroatoms. The number of thioether (sulfide) groups is 1. The van der Waals surface area contributed by atoms with Crippen LogP contribution in [0.1, 0.15) is 29.3 Å². The van der Waals surface area contributed by atoms with Crippen molar-refractivity contribution in [2.24, 2.45) is 0 Å². The predicted molar refractivity (Wildman–Crippen MR) is 99.0 cm³/mol. The number of carbonyl (C=O) groups is 1. The van der Waals surface area contributed by atoms with E-state index in [1.165, 1.54) is 10.9 Å². The highest BCUT2D eigenvalue weighted by molar-refractivity contribution is 7.98. The topological polar surface area (TPSA) is 32.3 Å². The molecule has 0 spiro atoms. The fourth-order valence-electron chi connectivity index (χ4n) is 2.92. The average Bonchev–Trinajstić information content (AvgIpc) is 3.27. The molecule has 1 saturated heterocycles. The number of likely N-dealkylation sites (tertiary alicyclic amines) is 1. The molecule has 1 aliphatic heterocycles. The number of rotatable bonds is 6. The molecule has 1 unspecified atom stereocenters. The molecular weight excluding hydrogens is 343 g/mol. The molecule has 0 bridgehead atoms. The Morgan fingerprint density at radius 3 is 3.00 bits per heavy atom. The van der Waals surface area contributed by atoms with Gasteiger partial charge in [-0.2, -0.15) is 11.8 Å². The Morgan fingerprint density at radius 1 is 1.33 bits per heavy atom. The van der Waals surface area contributed by atoms with Crippen LogP contribution in [0.2, 0.25) is 0 Å². The molecule has 2 heterocycles. The Labute approximate surface area is 150 Å². The molecular formula is C18H21FN2OS2. The lowest BCUT2D eigenvalue weighted by atomic mass is 10.2. The van der Waals surface area contributed by atoms with Crippen LogP contribution in [0.15, 0.2) is 41.8 Å². The van der Waals surface area contributed by atoms with Gasteiger partial charge in [0.1, 0.15) is 5.82 Å². The number of carbonyl (C=O) groups excluding carboxylic acids is 1. The first-order chi connectivity index (χ1) is 11.8. The fraction of sp³-hybridized carbons (Fsp3) is 0.389. The molecule has 1 aromatic carbocycles. The highest BCUT2D eigenvalue weighted by atomic mass is 32.2. The lowest BCUT2D eigenvalue weighted by Crippen LogP contribution is -2.40. The van der Waals surface area contributed by atoms with E-state index in [0.29, 0.717) is 17.9 Å². The van der Waals surface area contributed by atoms with Gasteiger partial charge in [0, 0.05) is 29.5 Å². The van der Waals surface area contributed by atoms with Crippen LogP contribution in [0.25, 0.3) is 0 Å². The monoisotopic (exact) mass is 364 g/mol. The van der Waals surface area contributed by atoms with E-state index in [1.807, 2.05) is 17.0 Å². The van der Waals surface area contributed by atoms with Crippen molar-refractivity contribution in [3.63, 3.8) is 0 Å². The van der Waals surface area contributed by atoms with Gasteiger partial charge in [0.15, 0.2) is 0 Å². The summed E-state index contributed by atoms with van der Waals surface area (Å²) in [5.74, 6) is 1.24. The number of urea groups is 1. The maximum Gasteiger partial charge on any atom is 0.317 e. The minimum absolute atomic E-state index is 0.0115. The molecule has 3 nitrogen and oxygen atoms in total.